The summed E-state index contributed by atoms with van der Waals surface area (Å²) in [5.41, 5.74) is 0. The van der Waals surface area contributed by atoms with Gasteiger partial charge in [0.15, 0.2) is 0 Å². The maximum absolute atomic E-state index is 13.5. The molecule has 184 valence electrons. The fourth-order valence-corrected chi connectivity index (χ4v) is 2.76. The summed E-state index contributed by atoms with van der Waals surface area (Å²) in [5.74, 6) is -17.1. The molecule has 0 aliphatic rings. The van der Waals surface area contributed by atoms with Crippen LogP contribution in [-0.2, 0) is 14.3 Å². The molecule has 0 fully saturated rings. The predicted molar refractivity (Wildman–Crippen MR) is 101 cm³/mol. The van der Waals surface area contributed by atoms with Gasteiger partial charge in [-0.2, -0.15) is 30.7 Å². The summed E-state index contributed by atoms with van der Waals surface area (Å²) < 4.78 is 94.8. The summed E-state index contributed by atoms with van der Waals surface area (Å²) in [7, 11) is 0. The van der Waals surface area contributed by atoms with Gasteiger partial charge < -0.3 is 10.1 Å². The number of alkyl halides is 7. The van der Waals surface area contributed by atoms with Crippen LogP contribution in [0.15, 0.2) is 0 Å². The van der Waals surface area contributed by atoms with Gasteiger partial charge in [0.2, 0.25) is 0 Å². The molecule has 11 heteroatoms. The van der Waals surface area contributed by atoms with E-state index in [-0.39, 0.29) is 18.9 Å². The van der Waals surface area contributed by atoms with E-state index < -0.39 is 35.9 Å². The van der Waals surface area contributed by atoms with E-state index in [1.165, 1.54) is 5.32 Å². The van der Waals surface area contributed by atoms with Crippen molar-refractivity contribution in [2.45, 2.75) is 103 Å². The van der Waals surface area contributed by atoms with Crippen LogP contribution in [0.5, 0.6) is 0 Å². The van der Waals surface area contributed by atoms with Gasteiger partial charge in [-0.15, -0.1) is 0 Å². The van der Waals surface area contributed by atoms with Crippen LogP contribution in [-0.4, -0.2) is 42.5 Å². The molecule has 1 amide bonds. The lowest BCUT2D eigenvalue weighted by molar-refractivity contribution is -0.344. The third-order valence-corrected chi connectivity index (χ3v) is 4.57. The molecule has 1 atom stereocenters. The first-order valence-electron chi connectivity index (χ1n) is 10.5. The molecule has 0 bridgehead atoms. The summed E-state index contributed by atoms with van der Waals surface area (Å²) in [4.78, 5) is 23.6. The Bertz CT molecular complexity index is 551. The van der Waals surface area contributed by atoms with Crippen LogP contribution in [0.3, 0.4) is 0 Å². The average molecular weight is 467 g/mol. The van der Waals surface area contributed by atoms with Crippen molar-refractivity contribution in [1.29, 1.82) is 0 Å². The number of hydrogen-bond acceptors (Lipinski definition) is 3. The summed E-state index contributed by atoms with van der Waals surface area (Å²) in [6, 6.07) is -1.77. The molecule has 0 aliphatic carbocycles. The Kier molecular flexibility index (Phi) is 12.4. The Morgan fingerprint density at radius 2 is 1.32 bits per heavy atom. The first-order chi connectivity index (χ1) is 14.2. The molecule has 0 aliphatic heterocycles. The molecule has 0 aromatic carbocycles. The van der Waals surface area contributed by atoms with Crippen molar-refractivity contribution in [1.82, 2.24) is 5.32 Å². The quantitative estimate of drug-likeness (QED) is 0.182. The maximum Gasteiger partial charge on any atom is 0.460 e. The van der Waals surface area contributed by atoms with E-state index in [9.17, 15) is 40.3 Å². The molecule has 0 radical (unpaired) electrons. The van der Waals surface area contributed by atoms with Gasteiger partial charge in [0, 0.05) is 0 Å². The number of esters is 1. The van der Waals surface area contributed by atoms with Crippen LogP contribution < -0.4 is 5.32 Å². The second kappa shape index (κ2) is 13.1. The molecule has 0 aromatic heterocycles. The highest BCUT2D eigenvalue weighted by Gasteiger charge is 2.76. The standard InChI is InChI=1S/C20H32F7NO3/c1-4-5-6-7-8-9-10-11-12-31-16(29)15(13-14(2)3)28-17(30)18(21,22)19(23,24)20(25,26)27/h14-15H,4-13H2,1-3H3,(H,28,30). The number of rotatable bonds is 15. The highest BCUT2D eigenvalue weighted by Crippen LogP contribution is 2.46. The van der Waals surface area contributed by atoms with E-state index in [4.69, 9.17) is 4.74 Å². The smallest absolute Gasteiger partial charge is 0.460 e. The molecule has 0 saturated heterocycles. The van der Waals surface area contributed by atoms with Gasteiger partial charge in [0.25, 0.3) is 5.91 Å². The molecular formula is C20H32F7NO3. The molecule has 0 spiro atoms. The highest BCUT2D eigenvalue weighted by molar-refractivity contribution is 5.89. The summed E-state index contributed by atoms with van der Waals surface area (Å²) >= 11 is 0. The first kappa shape index (κ1) is 29.5. The number of unbranched alkanes of at least 4 members (excludes halogenated alkanes) is 7. The van der Waals surface area contributed by atoms with Crippen molar-refractivity contribution in [3.63, 3.8) is 0 Å². The van der Waals surface area contributed by atoms with Crippen molar-refractivity contribution in [3.05, 3.63) is 0 Å². The SMILES string of the molecule is CCCCCCCCCCOC(=O)C(CC(C)C)NC(=O)C(F)(F)C(F)(F)C(F)(F)F. The normalized spacial score (nSPS) is 13.9. The van der Waals surface area contributed by atoms with Gasteiger partial charge in [-0.3, -0.25) is 4.79 Å². The number of carbonyl (C=O) groups is 2. The molecule has 1 N–H and O–H groups in total. The second-order valence-electron chi connectivity index (χ2n) is 7.94. The topological polar surface area (TPSA) is 55.4 Å². The Morgan fingerprint density at radius 3 is 1.77 bits per heavy atom. The molecule has 4 nitrogen and oxygen atoms in total. The lowest BCUT2D eigenvalue weighted by Gasteiger charge is -2.28. The maximum atomic E-state index is 13.5. The number of hydrogen-bond donors (Lipinski definition) is 1. The Hall–Kier alpha value is -1.55. The number of amides is 1. The summed E-state index contributed by atoms with van der Waals surface area (Å²) in [6.45, 7) is 5.13. The van der Waals surface area contributed by atoms with E-state index in [1.807, 2.05) is 0 Å². The van der Waals surface area contributed by atoms with Crippen molar-refractivity contribution < 1.29 is 45.1 Å². The van der Waals surface area contributed by atoms with E-state index in [2.05, 4.69) is 6.92 Å². The van der Waals surface area contributed by atoms with Crippen molar-refractivity contribution in [2.75, 3.05) is 6.61 Å². The third kappa shape index (κ3) is 9.64. The molecule has 31 heavy (non-hydrogen) atoms. The zero-order chi connectivity index (χ0) is 24.3. The van der Waals surface area contributed by atoms with Crippen molar-refractivity contribution >= 4 is 11.9 Å². The van der Waals surface area contributed by atoms with Crippen LogP contribution in [0.1, 0.15) is 78.6 Å². The van der Waals surface area contributed by atoms with E-state index in [0.29, 0.717) is 6.42 Å². The van der Waals surface area contributed by atoms with Gasteiger partial charge in [-0.05, 0) is 18.8 Å². The molecule has 0 saturated carbocycles. The van der Waals surface area contributed by atoms with Gasteiger partial charge in [0.05, 0.1) is 6.61 Å². The zero-order valence-electron chi connectivity index (χ0n) is 18.1. The van der Waals surface area contributed by atoms with Gasteiger partial charge in [0.1, 0.15) is 6.04 Å². The number of ether oxygens (including phenoxy) is 1. The fourth-order valence-electron chi connectivity index (χ4n) is 2.76. The van der Waals surface area contributed by atoms with Gasteiger partial charge in [-0.1, -0.05) is 65.7 Å². The monoisotopic (exact) mass is 467 g/mol. The molecule has 1 unspecified atom stereocenters. The third-order valence-electron chi connectivity index (χ3n) is 4.57. The van der Waals surface area contributed by atoms with Gasteiger partial charge >= 0.3 is 24.0 Å². The molecule has 0 heterocycles. The first-order valence-corrected chi connectivity index (χ1v) is 10.5. The van der Waals surface area contributed by atoms with Crippen LogP contribution in [0, 0.1) is 5.92 Å². The minimum absolute atomic E-state index is 0.0760. The molecule has 0 aromatic rings. The lowest BCUT2D eigenvalue weighted by atomic mass is 10.0. The van der Waals surface area contributed by atoms with Crippen LogP contribution in [0.25, 0.3) is 0 Å². The Morgan fingerprint density at radius 1 is 0.839 bits per heavy atom. The van der Waals surface area contributed by atoms with Crippen molar-refractivity contribution in [3.8, 4) is 0 Å². The lowest BCUT2D eigenvalue weighted by Crippen LogP contribution is -2.61. The van der Waals surface area contributed by atoms with Crippen LogP contribution >= 0.6 is 0 Å². The molecule has 0 rings (SSSR count). The van der Waals surface area contributed by atoms with Crippen LogP contribution in [0.2, 0.25) is 0 Å². The molecular weight excluding hydrogens is 435 g/mol. The number of nitrogens with one attached hydrogen (secondary N) is 1. The largest absolute Gasteiger partial charge is 0.464 e. The number of carbonyl (C=O) groups excluding carboxylic acids is 2. The highest BCUT2D eigenvalue weighted by atomic mass is 19.4. The predicted octanol–water partition coefficient (Wildman–Crippen LogP) is 6.03. The Labute approximate surface area is 178 Å². The van der Waals surface area contributed by atoms with E-state index in [0.717, 1.165) is 44.9 Å². The Balaban J connectivity index is 4.75. The number of halogens is 7. The summed E-state index contributed by atoms with van der Waals surface area (Å²) in [6.07, 6.45) is 0.759. The summed E-state index contributed by atoms with van der Waals surface area (Å²) in [5, 5.41) is 1.30. The van der Waals surface area contributed by atoms with Crippen molar-refractivity contribution in [2.24, 2.45) is 5.92 Å². The minimum atomic E-state index is -6.64. The second-order valence-corrected chi connectivity index (χ2v) is 7.94. The zero-order valence-corrected chi connectivity index (χ0v) is 18.1. The van der Waals surface area contributed by atoms with Gasteiger partial charge in [-0.25, -0.2) is 4.79 Å². The van der Waals surface area contributed by atoms with E-state index in [1.54, 1.807) is 13.8 Å². The van der Waals surface area contributed by atoms with E-state index >= 15 is 0 Å². The average Bonchev–Trinajstić information content (AvgIpc) is 2.64. The fraction of sp³-hybridized carbons (Fsp3) is 0.900. The minimum Gasteiger partial charge on any atom is -0.464 e. The van der Waals surface area contributed by atoms with Crippen LogP contribution in [0.4, 0.5) is 30.7 Å².